The Bertz CT molecular complexity index is 2110. The number of pyridine rings is 2. The third-order valence-electron chi connectivity index (χ3n) is 9.48. The van der Waals surface area contributed by atoms with E-state index in [2.05, 4.69) is 119 Å². The second-order valence-electron chi connectivity index (χ2n) is 14.0. The number of rotatable bonds is 6. The molecule has 0 amide bonds. The molecule has 249 valence electrons. The van der Waals surface area contributed by atoms with Gasteiger partial charge in [0.2, 0.25) is 0 Å². The number of benzene rings is 4. The van der Waals surface area contributed by atoms with Crippen molar-refractivity contribution in [3.05, 3.63) is 139 Å². The molecule has 1 fully saturated rings. The fourth-order valence-electron chi connectivity index (χ4n) is 6.80. The van der Waals surface area contributed by atoms with Crippen molar-refractivity contribution in [2.45, 2.75) is 55.8 Å². The van der Waals surface area contributed by atoms with E-state index in [1.165, 1.54) is 79.8 Å². The van der Waals surface area contributed by atoms with Crippen LogP contribution in [0.15, 0.2) is 122 Å². The van der Waals surface area contributed by atoms with Crippen LogP contribution < -0.4 is 4.40 Å². The average Bonchev–Trinajstić information content (AvgIpc) is 3.51. The van der Waals surface area contributed by atoms with Crippen molar-refractivity contribution in [2.75, 3.05) is 0 Å². The maximum absolute atomic E-state index is 4.73. The molecule has 1 aliphatic rings. The van der Waals surface area contributed by atoms with Gasteiger partial charge in [-0.25, -0.2) is 0 Å². The third-order valence-corrected chi connectivity index (χ3v) is 14.8. The Morgan fingerprint density at radius 2 is 1.55 bits per heavy atom. The first-order valence-electron chi connectivity index (χ1n) is 17.2. The van der Waals surface area contributed by atoms with Crippen molar-refractivity contribution in [2.24, 2.45) is 5.92 Å². The van der Waals surface area contributed by atoms with Gasteiger partial charge in [0.05, 0.1) is 0 Å². The van der Waals surface area contributed by atoms with Crippen LogP contribution in [0.25, 0.3) is 53.8 Å². The van der Waals surface area contributed by atoms with E-state index in [0.29, 0.717) is 0 Å². The monoisotopic (exact) mass is 897 g/mol. The molecular formula is C44H42GeIrN2S-2. The largest absolute Gasteiger partial charge is 0.305 e. The van der Waals surface area contributed by atoms with E-state index in [-0.39, 0.29) is 20.1 Å². The summed E-state index contributed by atoms with van der Waals surface area (Å²) in [4.78, 5) is 9.26. The number of hydrogen-bond donors (Lipinski definition) is 0. The zero-order valence-electron chi connectivity index (χ0n) is 28.5. The van der Waals surface area contributed by atoms with Gasteiger partial charge in [-0.1, -0.05) is 91.6 Å². The predicted octanol–water partition coefficient (Wildman–Crippen LogP) is 11.8. The first kappa shape index (κ1) is 35.4. The maximum Gasteiger partial charge on any atom is 0.0245 e. The van der Waals surface area contributed by atoms with Crippen molar-refractivity contribution < 1.29 is 20.1 Å². The minimum atomic E-state index is -1.72. The fraction of sp³-hybridized carbons (Fsp3) is 0.227. The molecule has 49 heavy (non-hydrogen) atoms. The number of thiophene rings is 1. The minimum absolute atomic E-state index is 0. The van der Waals surface area contributed by atoms with Crippen molar-refractivity contribution >= 4 is 49.2 Å². The van der Waals surface area contributed by atoms with Gasteiger partial charge in [0.25, 0.3) is 0 Å². The standard InChI is InChI=1S/C30H26NS.C14H16GeN.Ir/c1-3-8-21(9-4-1)18-22-16-17-31-27(19-22)24-14-15-28-26(20-24)30-25(12-7-13-29(30)32-28)23-10-5-2-6-11-23;1-15(2,3)13-9-10-14(16-11-13)12-7-5-4-6-8-12;/h2,5-7,10-13,15-17,19-21H,1,3-4,8-9,18H2;4-7,9-11H,1-3H3;/q2*-1;. The summed E-state index contributed by atoms with van der Waals surface area (Å²) < 4.78 is 4.05. The summed E-state index contributed by atoms with van der Waals surface area (Å²) in [6.07, 6.45) is 12.1. The van der Waals surface area contributed by atoms with Crippen LogP contribution in [0.4, 0.5) is 0 Å². The first-order valence-corrected chi connectivity index (χ1v) is 25.4. The average molecular weight is 896 g/mol. The van der Waals surface area contributed by atoms with Crippen LogP contribution in [0.5, 0.6) is 0 Å². The quantitative estimate of drug-likeness (QED) is 0.123. The van der Waals surface area contributed by atoms with Crippen LogP contribution in [0.2, 0.25) is 17.3 Å². The van der Waals surface area contributed by atoms with Crippen LogP contribution in [0.1, 0.15) is 37.7 Å². The molecule has 0 aliphatic heterocycles. The van der Waals surface area contributed by atoms with Crippen molar-refractivity contribution in [1.29, 1.82) is 0 Å². The van der Waals surface area contributed by atoms with Gasteiger partial charge in [-0.3, -0.25) is 0 Å². The van der Waals surface area contributed by atoms with E-state index < -0.39 is 13.3 Å². The van der Waals surface area contributed by atoms with Crippen molar-refractivity contribution in [1.82, 2.24) is 9.97 Å². The number of hydrogen-bond acceptors (Lipinski definition) is 3. The Morgan fingerprint density at radius 1 is 0.735 bits per heavy atom. The maximum atomic E-state index is 4.73. The van der Waals surface area contributed by atoms with E-state index in [0.717, 1.165) is 28.4 Å². The van der Waals surface area contributed by atoms with Crippen LogP contribution in [0, 0.1) is 18.1 Å². The normalized spacial score (nSPS) is 13.4. The molecule has 4 aromatic carbocycles. The van der Waals surface area contributed by atoms with Crippen LogP contribution in [0.3, 0.4) is 0 Å². The van der Waals surface area contributed by atoms with Crippen molar-refractivity contribution in [3.63, 3.8) is 0 Å². The van der Waals surface area contributed by atoms with E-state index in [9.17, 15) is 0 Å². The Labute approximate surface area is 311 Å². The zero-order chi connectivity index (χ0) is 32.9. The molecule has 3 heterocycles. The van der Waals surface area contributed by atoms with Gasteiger partial charge < -0.3 is 4.98 Å². The summed E-state index contributed by atoms with van der Waals surface area (Å²) in [6.45, 7) is 0. The Morgan fingerprint density at radius 3 is 2.29 bits per heavy atom. The molecule has 0 spiro atoms. The Kier molecular flexibility index (Phi) is 11.6. The predicted molar refractivity (Wildman–Crippen MR) is 209 cm³/mol. The molecule has 1 aliphatic carbocycles. The molecule has 1 saturated carbocycles. The molecule has 5 heteroatoms. The summed E-state index contributed by atoms with van der Waals surface area (Å²) >= 11 is 0.133. The fourth-order valence-corrected chi connectivity index (χ4v) is 10.1. The SMILES string of the molecule is [CH3][Ge]([CH3])([CH3])[c]1ccc(-c2[c-]cccc2)nc1.[Ir].[c-]1cc2sc3cccc(-c4ccccc4)c3c2cc1-c1cc(CC2CCCCC2)ccn1. The molecule has 0 bridgehead atoms. The van der Waals surface area contributed by atoms with Gasteiger partial charge in [-0.15, -0.1) is 23.8 Å². The number of aromatic nitrogens is 2. The van der Waals surface area contributed by atoms with Gasteiger partial charge in [0, 0.05) is 31.0 Å². The molecule has 0 saturated heterocycles. The summed E-state index contributed by atoms with van der Waals surface area (Å²) in [5.74, 6) is 7.97. The molecular weight excluding hydrogens is 853 g/mol. The molecule has 2 nitrogen and oxygen atoms in total. The molecule has 0 unspecified atom stereocenters. The molecule has 1 radical (unpaired) electrons. The van der Waals surface area contributed by atoms with Gasteiger partial charge >= 0.3 is 99.8 Å². The topological polar surface area (TPSA) is 25.8 Å². The second-order valence-corrected chi connectivity index (χ2v) is 25.7. The zero-order valence-corrected chi connectivity index (χ0v) is 33.8. The van der Waals surface area contributed by atoms with Gasteiger partial charge in [0.15, 0.2) is 0 Å². The summed E-state index contributed by atoms with van der Waals surface area (Å²) in [5, 5.41) is 2.64. The molecule has 0 atom stereocenters. The van der Waals surface area contributed by atoms with Gasteiger partial charge in [0.1, 0.15) is 0 Å². The van der Waals surface area contributed by atoms with Crippen molar-refractivity contribution in [3.8, 4) is 33.6 Å². The summed E-state index contributed by atoms with van der Waals surface area (Å²) in [5.41, 5.74) is 8.18. The Balaban J connectivity index is 0.000000208. The van der Waals surface area contributed by atoms with Gasteiger partial charge in [-0.05, 0) is 51.4 Å². The van der Waals surface area contributed by atoms with Crippen LogP contribution >= 0.6 is 11.3 Å². The minimum Gasteiger partial charge on any atom is -0.305 e. The third kappa shape index (κ3) is 8.49. The summed E-state index contributed by atoms with van der Waals surface area (Å²) in [7, 11) is 0. The van der Waals surface area contributed by atoms with Crippen LogP contribution in [-0.2, 0) is 26.5 Å². The first-order chi connectivity index (χ1) is 23.4. The number of nitrogens with zero attached hydrogens (tertiary/aromatic N) is 2. The van der Waals surface area contributed by atoms with E-state index in [1.54, 1.807) is 0 Å². The molecule has 7 aromatic rings. The Hall–Kier alpha value is -3.41. The molecule has 8 rings (SSSR count). The van der Waals surface area contributed by atoms with Crippen LogP contribution in [-0.4, -0.2) is 23.2 Å². The number of fused-ring (bicyclic) bond motifs is 3. The van der Waals surface area contributed by atoms with E-state index >= 15 is 0 Å². The summed E-state index contributed by atoms with van der Waals surface area (Å²) in [6, 6.07) is 45.3. The second kappa shape index (κ2) is 16.1. The van der Waals surface area contributed by atoms with E-state index in [4.69, 9.17) is 4.98 Å². The molecule has 3 aromatic heterocycles. The van der Waals surface area contributed by atoms with E-state index in [1.807, 2.05) is 48.0 Å². The molecule has 0 N–H and O–H groups in total. The smallest absolute Gasteiger partial charge is 0.0245 e. The van der Waals surface area contributed by atoms with Gasteiger partial charge in [-0.2, -0.15) is 11.3 Å².